The molecule has 202 valence electrons. The molecule has 0 heterocycles. The molecule has 0 spiro atoms. The summed E-state index contributed by atoms with van der Waals surface area (Å²) in [5.74, 6) is 0.234. The normalized spacial score (nSPS) is 18.0. The summed E-state index contributed by atoms with van der Waals surface area (Å²) in [7, 11) is 0. The third-order valence-corrected chi connectivity index (χ3v) is 7.48. The molecular formula is C30H46O6. The third kappa shape index (κ3) is 7.85. The summed E-state index contributed by atoms with van der Waals surface area (Å²) in [6.45, 7) is 9.84. The Bertz CT molecular complexity index is 914. The molecule has 0 amide bonds. The summed E-state index contributed by atoms with van der Waals surface area (Å²) in [6.07, 6.45) is -6.18. The Labute approximate surface area is 216 Å². The maximum Gasteiger partial charge on any atom is 0.111 e. The van der Waals surface area contributed by atoms with Crippen LogP contribution in [0.3, 0.4) is 0 Å². The molecule has 0 saturated carbocycles. The highest BCUT2D eigenvalue weighted by Crippen LogP contribution is 2.32. The Morgan fingerprint density at radius 2 is 1.08 bits per heavy atom. The van der Waals surface area contributed by atoms with Crippen molar-refractivity contribution in [2.24, 2.45) is 11.8 Å². The van der Waals surface area contributed by atoms with E-state index in [4.69, 9.17) is 5.11 Å². The van der Waals surface area contributed by atoms with Crippen molar-refractivity contribution in [1.29, 1.82) is 0 Å². The van der Waals surface area contributed by atoms with Crippen LogP contribution in [0.2, 0.25) is 0 Å². The SMILES string of the molecule is CC(C)c1ccccc1CCC(C)C(Cc1ccccc1C(C)C)C(O)[C@@H](O)[C@@H](O)[C@H](O)[C@@H](O)CO. The zero-order valence-corrected chi connectivity index (χ0v) is 22.3. The minimum atomic E-state index is -1.81. The number of aliphatic hydroxyl groups excluding tert-OH is 6. The van der Waals surface area contributed by atoms with Gasteiger partial charge >= 0.3 is 0 Å². The molecule has 6 N–H and O–H groups in total. The maximum atomic E-state index is 11.3. The van der Waals surface area contributed by atoms with Crippen molar-refractivity contribution in [3.05, 3.63) is 70.8 Å². The molecule has 0 aliphatic carbocycles. The Kier molecular flexibility index (Phi) is 12.0. The van der Waals surface area contributed by atoms with Gasteiger partial charge < -0.3 is 30.6 Å². The van der Waals surface area contributed by atoms with Crippen LogP contribution < -0.4 is 0 Å². The van der Waals surface area contributed by atoms with Gasteiger partial charge in [0.05, 0.1) is 12.7 Å². The molecule has 0 aromatic heterocycles. The Morgan fingerprint density at radius 1 is 0.611 bits per heavy atom. The lowest BCUT2D eigenvalue weighted by atomic mass is 9.76. The zero-order valence-electron chi connectivity index (χ0n) is 22.3. The smallest absolute Gasteiger partial charge is 0.111 e. The highest BCUT2D eigenvalue weighted by Gasteiger charge is 2.39. The number of hydrogen-bond acceptors (Lipinski definition) is 6. The van der Waals surface area contributed by atoms with Gasteiger partial charge in [-0.05, 0) is 65.2 Å². The Hall–Kier alpha value is -1.80. The summed E-state index contributed by atoms with van der Waals surface area (Å²) in [5, 5.41) is 61.6. The van der Waals surface area contributed by atoms with Gasteiger partial charge in [-0.2, -0.15) is 0 Å². The van der Waals surface area contributed by atoms with Crippen LogP contribution in [-0.2, 0) is 12.8 Å². The zero-order chi connectivity index (χ0) is 27.0. The first-order valence-corrected chi connectivity index (χ1v) is 13.2. The van der Waals surface area contributed by atoms with Crippen LogP contribution in [0, 0.1) is 11.8 Å². The Balaban J connectivity index is 2.32. The molecule has 0 aliphatic rings. The molecule has 3 unspecified atom stereocenters. The first-order chi connectivity index (χ1) is 17.0. The molecule has 2 aromatic carbocycles. The van der Waals surface area contributed by atoms with Crippen LogP contribution in [0.4, 0.5) is 0 Å². The van der Waals surface area contributed by atoms with E-state index in [1.54, 1.807) is 0 Å². The first kappa shape index (κ1) is 30.4. The van der Waals surface area contributed by atoms with Crippen molar-refractivity contribution in [1.82, 2.24) is 0 Å². The third-order valence-electron chi connectivity index (χ3n) is 7.48. The molecule has 36 heavy (non-hydrogen) atoms. The van der Waals surface area contributed by atoms with E-state index < -0.39 is 43.0 Å². The predicted octanol–water partition coefficient (Wildman–Crippen LogP) is 3.16. The number of benzene rings is 2. The van der Waals surface area contributed by atoms with Crippen molar-refractivity contribution < 1.29 is 30.6 Å². The van der Waals surface area contributed by atoms with Crippen LogP contribution in [-0.4, -0.2) is 67.8 Å². The lowest BCUT2D eigenvalue weighted by Crippen LogP contribution is -2.52. The molecule has 0 fully saturated rings. The van der Waals surface area contributed by atoms with Gasteiger partial charge in [-0.1, -0.05) is 83.1 Å². The topological polar surface area (TPSA) is 121 Å². The Morgan fingerprint density at radius 3 is 1.61 bits per heavy atom. The monoisotopic (exact) mass is 502 g/mol. The van der Waals surface area contributed by atoms with E-state index in [2.05, 4.69) is 45.9 Å². The highest BCUT2D eigenvalue weighted by atomic mass is 16.4. The van der Waals surface area contributed by atoms with Gasteiger partial charge in [-0.3, -0.25) is 0 Å². The molecule has 0 radical (unpaired) electrons. The standard InChI is InChI=1S/C30H46O6/c1-18(2)23-12-8-6-10-21(23)15-14-20(5)25(16-22-11-7-9-13-24(22)19(3)4)27(33)29(35)30(36)28(34)26(32)17-31/h6-13,18-20,25-36H,14-17H2,1-5H3/t20?,25?,26-,27?,28+,29+,30-/m0/s1. The fourth-order valence-corrected chi connectivity index (χ4v) is 5.11. The largest absolute Gasteiger partial charge is 0.394 e. The molecular weight excluding hydrogens is 456 g/mol. The maximum absolute atomic E-state index is 11.3. The van der Waals surface area contributed by atoms with Crippen LogP contribution >= 0.6 is 0 Å². The number of aliphatic hydroxyl groups is 6. The minimum absolute atomic E-state index is 0.0257. The summed E-state index contributed by atoms with van der Waals surface area (Å²) in [4.78, 5) is 0. The first-order valence-electron chi connectivity index (χ1n) is 13.2. The average molecular weight is 503 g/mol. The average Bonchev–Trinajstić information content (AvgIpc) is 2.88. The quantitative estimate of drug-likeness (QED) is 0.236. The fraction of sp³-hybridized carbons (Fsp3) is 0.600. The van der Waals surface area contributed by atoms with Gasteiger partial charge in [-0.15, -0.1) is 0 Å². The van der Waals surface area contributed by atoms with Gasteiger partial charge in [0.1, 0.15) is 24.4 Å². The van der Waals surface area contributed by atoms with Crippen LogP contribution in [0.15, 0.2) is 48.5 Å². The van der Waals surface area contributed by atoms with E-state index in [1.807, 2.05) is 37.3 Å². The number of hydrogen-bond donors (Lipinski definition) is 6. The molecule has 7 atom stereocenters. The van der Waals surface area contributed by atoms with Crippen molar-refractivity contribution in [3.63, 3.8) is 0 Å². The van der Waals surface area contributed by atoms with E-state index in [1.165, 1.54) is 11.1 Å². The van der Waals surface area contributed by atoms with Gasteiger partial charge in [0.25, 0.3) is 0 Å². The molecule has 6 heteroatoms. The minimum Gasteiger partial charge on any atom is -0.394 e. The molecule has 0 saturated heterocycles. The molecule has 0 aliphatic heterocycles. The van der Waals surface area contributed by atoms with Gasteiger partial charge in [0, 0.05) is 0 Å². The summed E-state index contributed by atoms with van der Waals surface area (Å²) in [5.41, 5.74) is 4.79. The predicted molar refractivity (Wildman–Crippen MR) is 143 cm³/mol. The molecule has 0 bridgehead atoms. The number of rotatable bonds is 14. The van der Waals surface area contributed by atoms with E-state index in [0.717, 1.165) is 24.0 Å². The van der Waals surface area contributed by atoms with Gasteiger partial charge in [-0.25, -0.2) is 0 Å². The molecule has 2 aromatic rings. The van der Waals surface area contributed by atoms with E-state index in [9.17, 15) is 25.5 Å². The fourth-order valence-electron chi connectivity index (χ4n) is 5.11. The van der Waals surface area contributed by atoms with E-state index in [-0.39, 0.29) is 11.8 Å². The van der Waals surface area contributed by atoms with Crippen LogP contribution in [0.1, 0.15) is 75.1 Å². The molecule has 2 rings (SSSR count). The number of aryl methyl sites for hydroxylation is 1. The molecule has 6 nitrogen and oxygen atoms in total. The second-order valence-corrected chi connectivity index (χ2v) is 10.8. The summed E-state index contributed by atoms with van der Waals surface area (Å²) in [6, 6.07) is 16.4. The van der Waals surface area contributed by atoms with Crippen molar-refractivity contribution >= 4 is 0 Å². The summed E-state index contributed by atoms with van der Waals surface area (Å²) >= 11 is 0. The van der Waals surface area contributed by atoms with E-state index >= 15 is 0 Å². The highest BCUT2D eigenvalue weighted by molar-refractivity contribution is 5.31. The van der Waals surface area contributed by atoms with Gasteiger partial charge in [0.15, 0.2) is 0 Å². The lowest BCUT2D eigenvalue weighted by molar-refractivity contribution is -0.152. The lowest BCUT2D eigenvalue weighted by Gasteiger charge is -2.36. The van der Waals surface area contributed by atoms with Crippen molar-refractivity contribution in [2.75, 3.05) is 6.61 Å². The second kappa shape index (κ2) is 14.2. The van der Waals surface area contributed by atoms with Crippen LogP contribution in [0.25, 0.3) is 0 Å². The summed E-state index contributed by atoms with van der Waals surface area (Å²) < 4.78 is 0. The van der Waals surface area contributed by atoms with Crippen molar-refractivity contribution in [3.8, 4) is 0 Å². The van der Waals surface area contributed by atoms with Gasteiger partial charge in [0.2, 0.25) is 0 Å². The van der Waals surface area contributed by atoms with Crippen LogP contribution in [0.5, 0.6) is 0 Å². The van der Waals surface area contributed by atoms with E-state index in [0.29, 0.717) is 12.3 Å². The second-order valence-electron chi connectivity index (χ2n) is 10.8. The van der Waals surface area contributed by atoms with Crippen molar-refractivity contribution in [2.45, 2.75) is 96.2 Å².